The van der Waals surface area contributed by atoms with E-state index in [1.807, 2.05) is 0 Å². The SMILES string of the molecule is Cc1c(C)c(C)c(-c2cc3c(c4ccccc24)-c2ccccc2C3(C)C)c(C)c1C. The van der Waals surface area contributed by atoms with Crippen molar-refractivity contribution in [2.75, 3.05) is 0 Å². The van der Waals surface area contributed by atoms with E-state index in [9.17, 15) is 0 Å². The highest BCUT2D eigenvalue weighted by molar-refractivity contribution is 6.09. The largest absolute Gasteiger partial charge is 0.0619 e. The molecule has 0 spiro atoms. The number of fused-ring (bicyclic) bond motifs is 5. The van der Waals surface area contributed by atoms with E-state index in [-0.39, 0.29) is 5.41 Å². The van der Waals surface area contributed by atoms with Crippen LogP contribution in [0.2, 0.25) is 0 Å². The minimum Gasteiger partial charge on any atom is -0.0619 e. The highest BCUT2D eigenvalue weighted by atomic mass is 14.4. The molecule has 0 fully saturated rings. The van der Waals surface area contributed by atoms with Crippen molar-refractivity contribution in [2.24, 2.45) is 0 Å². The number of rotatable bonds is 1. The molecule has 30 heavy (non-hydrogen) atoms. The second-order valence-corrected chi connectivity index (χ2v) is 9.56. The minimum atomic E-state index is 0.00129. The number of hydrogen-bond acceptors (Lipinski definition) is 0. The normalized spacial score (nSPS) is 14.1. The summed E-state index contributed by atoms with van der Waals surface area (Å²) in [5, 5.41) is 2.73. The van der Waals surface area contributed by atoms with Crippen LogP contribution < -0.4 is 0 Å². The van der Waals surface area contributed by atoms with Crippen LogP contribution in [0.25, 0.3) is 33.0 Å². The zero-order valence-electron chi connectivity index (χ0n) is 19.2. The van der Waals surface area contributed by atoms with E-state index in [2.05, 4.69) is 103 Å². The maximum absolute atomic E-state index is 2.50. The third kappa shape index (κ3) is 2.34. The molecular weight excluding hydrogens is 360 g/mol. The van der Waals surface area contributed by atoms with Gasteiger partial charge in [-0.3, -0.25) is 0 Å². The van der Waals surface area contributed by atoms with Crippen LogP contribution in [0.15, 0.2) is 54.6 Å². The Morgan fingerprint density at radius 1 is 0.500 bits per heavy atom. The Labute approximate surface area is 180 Å². The lowest BCUT2D eigenvalue weighted by molar-refractivity contribution is 0.661. The van der Waals surface area contributed by atoms with E-state index in [1.165, 1.54) is 72.0 Å². The van der Waals surface area contributed by atoms with Gasteiger partial charge in [-0.05, 0) is 113 Å². The highest BCUT2D eigenvalue weighted by Crippen LogP contribution is 2.53. The molecule has 1 aliphatic rings. The summed E-state index contributed by atoms with van der Waals surface area (Å²) in [6.07, 6.45) is 0. The van der Waals surface area contributed by atoms with Gasteiger partial charge in [-0.2, -0.15) is 0 Å². The lowest BCUT2D eigenvalue weighted by Crippen LogP contribution is -2.15. The first-order valence-electron chi connectivity index (χ1n) is 11.0. The second-order valence-electron chi connectivity index (χ2n) is 9.56. The van der Waals surface area contributed by atoms with Crippen molar-refractivity contribution < 1.29 is 0 Å². The van der Waals surface area contributed by atoms with Crippen molar-refractivity contribution in [3.8, 4) is 22.3 Å². The molecule has 0 saturated heterocycles. The third-order valence-electron chi connectivity index (χ3n) is 7.86. The second kappa shape index (κ2) is 6.32. The zero-order valence-corrected chi connectivity index (χ0v) is 19.2. The molecule has 4 aromatic carbocycles. The molecule has 0 atom stereocenters. The van der Waals surface area contributed by atoms with E-state index in [0.29, 0.717) is 0 Å². The summed E-state index contributed by atoms with van der Waals surface area (Å²) in [5.41, 5.74) is 15.6. The third-order valence-corrected chi connectivity index (χ3v) is 7.86. The van der Waals surface area contributed by atoms with Crippen LogP contribution in [-0.4, -0.2) is 0 Å². The molecule has 0 N–H and O–H groups in total. The molecule has 0 unspecified atom stereocenters. The van der Waals surface area contributed by atoms with Crippen LogP contribution in [0.4, 0.5) is 0 Å². The Morgan fingerprint density at radius 3 is 1.70 bits per heavy atom. The first-order chi connectivity index (χ1) is 14.2. The van der Waals surface area contributed by atoms with Crippen LogP contribution in [0.3, 0.4) is 0 Å². The molecule has 0 aromatic heterocycles. The number of benzene rings is 4. The summed E-state index contributed by atoms with van der Waals surface area (Å²) in [7, 11) is 0. The molecule has 0 radical (unpaired) electrons. The molecule has 0 heteroatoms. The summed E-state index contributed by atoms with van der Waals surface area (Å²) >= 11 is 0. The van der Waals surface area contributed by atoms with E-state index in [0.717, 1.165) is 0 Å². The molecule has 0 saturated carbocycles. The fraction of sp³-hybridized carbons (Fsp3) is 0.267. The maximum atomic E-state index is 2.50. The average molecular weight is 391 g/mol. The van der Waals surface area contributed by atoms with Crippen LogP contribution in [-0.2, 0) is 5.41 Å². The molecule has 150 valence electrons. The van der Waals surface area contributed by atoms with Crippen molar-refractivity contribution in [1.82, 2.24) is 0 Å². The first-order valence-corrected chi connectivity index (χ1v) is 11.0. The van der Waals surface area contributed by atoms with E-state index in [1.54, 1.807) is 0 Å². The molecule has 0 heterocycles. The van der Waals surface area contributed by atoms with Crippen molar-refractivity contribution in [1.29, 1.82) is 0 Å². The predicted octanol–water partition coefficient (Wildman–Crippen LogP) is 8.36. The summed E-state index contributed by atoms with van der Waals surface area (Å²) in [4.78, 5) is 0. The van der Waals surface area contributed by atoms with Crippen LogP contribution in [0, 0.1) is 34.6 Å². The maximum Gasteiger partial charge on any atom is 0.0159 e. The molecule has 0 aliphatic heterocycles. The summed E-state index contributed by atoms with van der Waals surface area (Å²) < 4.78 is 0. The summed E-state index contributed by atoms with van der Waals surface area (Å²) in [6.45, 7) is 16.2. The van der Waals surface area contributed by atoms with Crippen molar-refractivity contribution in [3.63, 3.8) is 0 Å². The van der Waals surface area contributed by atoms with Gasteiger partial charge in [0.2, 0.25) is 0 Å². The fourth-order valence-corrected chi connectivity index (χ4v) is 5.66. The Bertz CT molecular complexity index is 1320. The molecule has 0 bridgehead atoms. The van der Waals surface area contributed by atoms with Crippen LogP contribution in [0.5, 0.6) is 0 Å². The van der Waals surface area contributed by atoms with Gasteiger partial charge in [0.25, 0.3) is 0 Å². The van der Waals surface area contributed by atoms with E-state index in [4.69, 9.17) is 0 Å². The standard InChI is InChI=1S/C30H30/c1-17-18(2)20(4)28(21(5)19(17)3)25-16-27-29(23-13-9-8-12-22(23)25)24-14-10-11-15-26(24)30(27,6)7/h8-16H,1-7H3. The van der Waals surface area contributed by atoms with E-state index < -0.39 is 0 Å². The van der Waals surface area contributed by atoms with Gasteiger partial charge in [0.15, 0.2) is 0 Å². The van der Waals surface area contributed by atoms with Gasteiger partial charge in [0.1, 0.15) is 0 Å². The Balaban J connectivity index is 1.97. The van der Waals surface area contributed by atoms with Gasteiger partial charge < -0.3 is 0 Å². The molecule has 4 aromatic rings. The Hall–Kier alpha value is -2.86. The van der Waals surface area contributed by atoms with Gasteiger partial charge in [0, 0.05) is 5.41 Å². The Kier molecular flexibility index (Phi) is 4.03. The van der Waals surface area contributed by atoms with Gasteiger partial charge in [-0.25, -0.2) is 0 Å². The molecular formula is C30H30. The smallest absolute Gasteiger partial charge is 0.0159 e. The van der Waals surface area contributed by atoms with Crippen LogP contribution >= 0.6 is 0 Å². The highest BCUT2D eigenvalue weighted by Gasteiger charge is 2.37. The summed E-state index contributed by atoms with van der Waals surface area (Å²) in [5.74, 6) is 0. The van der Waals surface area contributed by atoms with Crippen molar-refractivity contribution in [3.05, 3.63) is 93.5 Å². The molecule has 0 amide bonds. The van der Waals surface area contributed by atoms with Gasteiger partial charge in [-0.15, -0.1) is 0 Å². The minimum absolute atomic E-state index is 0.00129. The molecule has 1 aliphatic carbocycles. The fourth-order valence-electron chi connectivity index (χ4n) is 5.66. The van der Waals surface area contributed by atoms with Gasteiger partial charge >= 0.3 is 0 Å². The number of hydrogen-bond donors (Lipinski definition) is 0. The lowest BCUT2D eigenvalue weighted by atomic mass is 9.78. The zero-order chi connectivity index (χ0) is 21.4. The molecule has 5 rings (SSSR count). The van der Waals surface area contributed by atoms with Crippen LogP contribution in [0.1, 0.15) is 52.8 Å². The summed E-state index contributed by atoms with van der Waals surface area (Å²) in [6, 6.07) is 20.4. The average Bonchev–Trinajstić information content (AvgIpc) is 2.98. The monoisotopic (exact) mass is 390 g/mol. The van der Waals surface area contributed by atoms with Crippen molar-refractivity contribution >= 4 is 10.8 Å². The topological polar surface area (TPSA) is 0 Å². The lowest BCUT2D eigenvalue weighted by Gasteiger charge is -2.25. The van der Waals surface area contributed by atoms with Crippen molar-refractivity contribution in [2.45, 2.75) is 53.9 Å². The van der Waals surface area contributed by atoms with E-state index >= 15 is 0 Å². The predicted molar refractivity (Wildman–Crippen MR) is 131 cm³/mol. The first kappa shape index (κ1) is 19.1. The van der Waals surface area contributed by atoms with Gasteiger partial charge in [0.05, 0.1) is 0 Å². The van der Waals surface area contributed by atoms with Gasteiger partial charge in [-0.1, -0.05) is 62.4 Å². The quantitative estimate of drug-likeness (QED) is 0.306. The Morgan fingerprint density at radius 2 is 1.03 bits per heavy atom. The molecule has 0 nitrogen and oxygen atoms in total.